The first-order valence-electron chi connectivity index (χ1n) is 8.19. The molecule has 1 aromatic carbocycles. The summed E-state index contributed by atoms with van der Waals surface area (Å²) in [5.41, 5.74) is 0.0394. The number of para-hydroxylation sites is 1. The number of nitrogens with one attached hydrogen (secondary N) is 1. The van der Waals surface area contributed by atoms with Crippen molar-refractivity contribution < 1.29 is 26.3 Å². The van der Waals surface area contributed by atoms with E-state index in [4.69, 9.17) is 0 Å². The van der Waals surface area contributed by atoms with Crippen molar-refractivity contribution in [2.75, 3.05) is 22.7 Å². The zero-order valence-corrected chi connectivity index (χ0v) is 14.9. The summed E-state index contributed by atoms with van der Waals surface area (Å²) in [5.74, 6) is -0.332. The molecule has 146 valence electrons. The van der Waals surface area contributed by atoms with Gasteiger partial charge in [0.1, 0.15) is 10.6 Å². The van der Waals surface area contributed by atoms with Crippen molar-refractivity contribution in [1.29, 1.82) is 0 Å². The van der Waals surface area contributed by atoms with Gasteiger partial charge in [0.15, 0.2) is 0 Å². The van der Waals surface area contributed by atoms with E-state index >= 15 is 0 Å². The lowest BCUT2D eigenvalue weighted by Gasteiger charge is -2.26. The van der Waals surface area contributed by atoms with Crippen LogP contribution in [0.15, 0.2) is 41.6 Å². The van der Waals surface area contributed by atoms with Gasteiger partial charge in [-0.15, -0.1) is 13.2 Å². The van der Waals surface area contributed by atoms with Crippen LogP contribution in [0.2, 0.25) is 0 Å². The Morgan fingerprint density at radius 3 is 2.30 bits per heavy atom. The molecule has 2 aromatic rings. The van der Waals surface area contributed by atoms with Gasteiger partial charge < -0.3 is 9.64 Å². The van der Waals surface area contributed by atoms with Crippen molar-refractivity contribution in [3.8, 4) is 5.75 Å². The Morgan fingerprint density at radius 1 is 1.04 bits per heavy atom. The van der Waals surface area contributed by atoms with Gasteiger partial charge in [-0.1, -0.05) is 12.1 Å². The summed E-state index contributed by atoms with van der Waals surface area (Å²) in [6.45, 7) is 1.65. The second kappa shape index (κ2) is 7.59. The Hall–Kier alpha value is -2.56. The van der Waals surface area contributed by atoms with Crippen LogP contribution in [0.4, 0.5) is 24.8 Å². The molecule has 0 spiro atoms. The van der Waals surface area contributed by atoms with Crippen LogP contribution in [0.25, 0.3) is 0 Å². The van der Waals surface area contributed by atoms with Gasteiger partial charge in [-0.3, -0.25) is 4.72 Å². The fourth-order valence-electron chi connectivity index (χ4n) is 2.72. The number of nitrogens with zero attached hydrogens (tertiary/aromatic N) is 3. The smallest absolute Gasteiger partial charge is 0.404 e. The van der Waals surface area contributed by atoms with Crippen LogP contribution in [-0.2, 0) is 10.0 Å². The molecule has 1 aliphatic rings. The van der Waals surface area contributed by atoms with E-state index in [0.29, 0.717) is 5.95 Å². The zero-order chi connectivity index (χ0) is 19.5. The number of aromatic nitrogens is 2. The molecule has 3 rings (SSSR count). The Balaban J connectivity index is 1.79. The largest absolute Gasteiger partial charge is 0.573 e. The maximum absolute atomic E-state index is 12.5. The lowest BCUT2D eigenvalue weighted by molar-refractivity contribution is -0.275. The minimum atomic E-state index is -5.01. The lowest BCUT2D eigenvalue weighted by atomic mass is 10.1. The fourth-order valence-corrected chi connectivity index (χ4v) is 3.88. The summed E-state index contributed by atoms with van der Waals surface area (Å²) in [6, 6.07) is 4.49. The molecule has 27 heavy (non-hydrogen) atoms. The third-order valence-corrected chi connectivity index (χ3v) is 5.31. The predicted molar refractivity (Wildman–Crippen MR) is 92.0 cm³/mol. The van der Waals surface area contributed by atoms with Gasteiger partial charge in [0.2, 0.25) is 5.95 Å². The molecule has 1 aliphatic heterocycles. The highest BCUT2D eigenvalue weighted by Crippen LogP contribution is 2.30. The maximum atomic E-state index is 12.5. The Kier molecular flexibility index (Phi) is 5.40. The SMILES string of the molecule is O=S(=O)(Nc1cnc(N2CCCCC2)nc1)c1ccccc1OC(F)(F)F. The number of ether oxygens (including phenoxy) is 1. The van der Waals surface area contributed by atoms with Crippen LogP contribution in [0.1, 0.15) is 19.3 Å². The number of benzene rings is 1. The quantitative estimate of drug-likeness (QED) is 0.827. The van der Waals surface area contributed by atoms with E-state index in [1.54, 1.807) is 0 Å². The molecule has 7 nitrogen and oxygen atoms in total. The van der Waals surface area contributed by atoms with E-state index in [2.05, 4.69) is 19.4 Å². The molecular weight excluding hydrogens is 385 g/mol. The number of anilines is 2. The first-order valence-corrected chi connectivity index (χ1v) is 9.67. The van der Waals surface area contributed by atoms with Crippen LogP contribution in [0.5, 0.6) is 5.75 Å². The van der Waals surface area contributed by atoms with Crippen LogP contribution >= 0.6 is 0 Å². The lowest BCUT2D eigenvalue weighted by Crippen LogP contribution is -2.30. The minimum absolute atomic E-state index is 0.0394. The summed E-state index contributed by atoms with van der Waals surface area (Å²) < 4.78 is 68.4. The first kappa shape index (κ1) is 19.2. The molecule has 0 saturated carbocycles. The highest BCUT2D eigenvalue weighted by atomic mass is 32.2. The van der Waals surface area contributed by atoms with Crippen LogP contribution in [0, 0.1) is 0 Å². The third-order valence-electron chi connectivity index (χ3n) is 3.89. The molecule has 0 bridgehead atoms. The van der Waals surface area contributed by atoms with E-state index in [-0.39, 0.29) is 5.69 Å². The Labute approximate surface area is 154 Å². The van der Waals surface area contributed by atoms with Gasteiger partial charge in [-0.2, -0.15) is 0 Å². The number of piperidine rings is 1. The van der Waals surface area contributed by atoms with Crippen molar-refractivity contribution in [2.45, 2.75) is 30.5 Å². The normalized spacial score (nSPS) is 15.4. The second-order valence-electron chi connectivity index (χ2n) is 5.92. The number of rotatable bonds is 5. The van der Waals surface area contributed by atoms with E-state index in [1.165, 1.54) is 24.5 Å². The Bertz CT molecular complexity index is 883. The minimum Gasteiger partial charge on any atom is -0.404 e. The van der Waals surface area contributed by atoms with Gasteiger partial charge in [0.05, 0.1) is 18.1 Å². The summed E-state index contributed by atoms with van der Waals surface area (Å²) in [7, 11) is -4.32. The number of alkyl halides is 3. The molecule has 1 aromatic heterocycles. The maximum Gasteiger partial charge on any atom is 0.573 e. The van der Waals surface area contributed by atoms with E-state index in [0.717, 1.165) is 44.5 Å². The molecule has 0 atom stereocenters. The van der Waals surface area contributed by atoms with Crippen molar-refractivity contribution in [3.63, 3.8) is 0 Å². The van der Waals surface area contributed by atoms with E-state index in [1.807, 2.05) is 4.90 Å². The molecule has 2 heterocycles. The average Bonchev–Trinajstić information content (AvgIpc) is 2.62. The number of sulfonamides is 1. The summed E-state index contributed by atoms with van der Waals surface area (Å²) in [4.78, 5) is 9.63. The topological polar surface area (TPSA) is 84.4 Å². The Morgan fingerprint density at radius 2 is 1.67 bits per heavy atom. The standard InChI is InChI=1S/C16H17F3N4O3S/c17-16(18,19)26-13-6-2-3-7-14(13)27(24,25)22-12-10-20-15(21-11-12)23-8-4-1-5-9-23/h2-3,6-7,10-11,22H,1,4-5,8-9H2. The molecular formula is C16H17F3N4O3S. The van der Waals surface area contributed by atoms with Gasteiger partial charge in [0, 0.05) is 13.1 Å². The zero-order valence-electron chi connectivity index (χ0n) is 14.1. The number of halogens is 3. The highest BCUT2D eigenvalue weighted by molar-refractivity contribution is 7.92. The molecule has 0 amide bonds. The van der Waals surface area contributed by atoms with Crippen LogP contribution in [-0.4, -0.2) is 37.8 Å². The van der Waals surface area contributed by atoms with Gasteiger partial charge in [0.25, 0.3) is 10.0 Å². The fraction of sp³-hybridized carbons (Fsp3) is 0.375. The molecule has 1 saturated heterocycles. The van der Waals surface area contributed by atoms with Gasteiger partial charge in [-0.25, -0.2) is 18.4 Å². The monoisotopic (exact) mass is 402 g/mol. The van der Waals surface area contributed by atoms with Gasteiger partial charge >= 0.3 is 6.36 Å². The first-order chi connectivity index (χ1) is 12.7. The summed E-state index contributed by atoms with van der Waals surface area (Å²) >= 11 is 0. The van der Waals surface area contributed by atoms with Crippen LogP contribution < -0.4 is 14.4 Å². The van der Waals surface area contributed by atoms with Crippen molar-refractivity contribution >= 4 is 21.7 Å². The van der Waals surface area contributed by atoms with E-state index in [9.17, 15) is 21.6 Å². The molecule has 11 heteroatoms. The average molecular weight is 402 g/mol. The number of hydrogen-bond acceptors (Lipinski definition) is 6. The molecule has 1 fully saturated rings. The molecule has 0 aliphatic carbocycles. The van der Waals surface area contributed by atoms with Crippen molar-refractivity contribution in [3.05, 3.63) is 36.7 Å². The van der Waals surface area contributed by atoms with Crippen molar-refractivity contribution in [2.24, 2.45) is 0 Å². The molecule has 0 radical (unpaired) electrons. The molecule has 0 unspecified atom stereocenters. The third kappa shape index (κ3) is 5.00. The van der Waals surface area contributed by atoms with Gasteiger partial charge in [-0.05, 0) is 31.4 Å². The van der Waals surface area contributed by atoms with Crippen molar-refractivity contribution in [1.82, 2.24) is 9.97 Å². The summed E-state index contributed by atoms with van der Waals surface area (Å²) in [5, 5.41) is 0. The van der Waals surface area contributed by atoms with E-state index < -0.39 is 27.0 Å². The second-order valence-corrected chi connectivity index (χ2v) is 7.57. The van der Waals surface area contributed by atoms with Crippen LogP contribution in [0.3, 0.4) is 0 Å². The molecule has 1 N–H and O–H groups in total. The summed E-state index contributed by atoms with van der Waals surface area (Å²) in [6.07, 6.45) is 0.767. The highest BCUT2D eigenvalue weighted by Gasteiger charge is 2.34. The number of hydrogen-bond donors (Lipinski definition) is 1. The predicted octanol–water partition coefficient (Wildman–Crippen LogP) is 3.17.